The molecule has 3 heteroatoms. The molecule has 0 saturated carbocycles. The van der Waals surface area contributed by atoms with Crippen LogP contribution in [-0.2, 0) is 0 Å². The third-order valence-electron chi connectivity index (χ3n) is 2.20. The average molecular weight is 327 g/mol. The minimum atomic E-state index is -0.173. The quantitative estimate of drug-likeness (QED) is 0.669. The fourth-order valence-corrected chi connectivity index (χ4v) is 2.00. The maximum Gasteiger partial charge on any atom is 0.253 e. The Balaban J connectivity index is 2.73. The van der Waals surface area contributed by atoms with Crippen LogP contribution in [0.15, 0.2) is 24.3 Å². The normalized spacial score (nSPS) is 11.6. The molecule has 0 radical (unpaired) electrons. The molecular weight excluding hydrogens is 313 g/mol. The summed E-state index contributed by atoms with van der Waals surface area (Å²) in [6.07, 6.45) is 7.13. The predicted molar refractivity (Wildman–Crippen MR) is 74.2 cm³/mol. The van der Waals surface area contributed by atoms with Crippen LogP contribution in [0.5, 0.6) is 0 Å². The molecule has 16 heavy (non-hydrogen) atoms. The van der Waals surface area contributed by atoms with E-state index >= 15 is 0 Å². The Morgan fingerprint density at radius 3 is 2.81 bits per heavy atom. The van der Waals surface area contributed by atoms with Gasteiger partial charge in [-0.15, -0.1) is 6.42 Å². The van der Waals surface area contributed by atoms with Gasteiger partial charge in [-0.2, -0.15) is 0 Å². The van der Waals surface area contributed by atoms with Crippen molar-refractivity contribution < 1.29 is 4.79 Å². The summed E-state index contributed by atoms with van der Waals surface area (Å²) in [5.74, 6) is 2.49. The summed E-state index contributed by atoms with van der Waals surface area (Å²) in [7, 11) is 0. The monoisotopic (exact) mass is 327 g/mol. The summed E-state index contributed by atoms with van der Waals surface area (Å²) >= 11 is 2.14. The van der Waals surface area contributed by atoms with Gasteiger partial charge < -0.3 is 5.32 Å². The summed E-state index contributed by atoms with van der Waals surface area (Å²) in [5.41, 5.74) is 0.680. The van der Waals surface area contributed by atoms with Gasteiger partial charge in [0, 0.05) is 3.57 Å². The van der Waals surface area contributed by atoms with Gasteiger partial charge in [0.05, 0.1) is 11.6 Å². The van der Waals surface area contributed by atoms with E-state index in [9.17, 15) is 4.79 Å². The minimum absolute atomic E-state index is 0.0959. The van der Waals surface area contributed by atoms with Crippen LogP contribution in [0.4, 0.5) is 0 Å². The first-order valence-corrected chi connectivity index (χ1v) is 6.28. The van der Waals surface area contributed by atoms with Crippen molar-refractivity contribution in [2.75, 3.05) is 0 Å². The second-order valence-electron chi connectivity index (χ2n) is 3.46. The Morgan fingerprint density at radius 1 is 1.56 bits per heavy atom. The molecule has 1 amide bonds. The molecule has 0 spiro atoms. The number of hydrogen-bond donors (Lipinski definition) is 1. The van der Waals surface area contributed by atoms with Crippen LogP contribution in [0.25, 0.3) is 0 Å². The molecule has 1 aromatic rings. The molecule has 0 aliphatic heterocycles. The molecule has 1 N–H and O–H groups in total. The first-order valence-electron chi connectivity index (χ1n) is 5.20. The molecule has 0 heterocycles. The second-order valence-corrected chi connectivity index (χ2v) is 4.62. The van der Waals surface area contributed by atoms with E-state index in [0.717, 1.165) is 16.4 Å². The molecule has 1 rings (SSSR count). The molecule has 0 bridgehead atoms. The molecule has 0 fully saturated rings. The van der Waals surface area contributed by atoms with Crippen LogP contribution in [0.2, 0.25) is 0 Å². The van der Waals surface area contributed by atoms with E-state index < -0.39 is 0 Å². The molecule has 1 atom stereocenters. The zero-order valence-corrected chi connectivity index (χ0v) is 11.3. The Morgan fingerprint density at radius 2 is 2.25 bits per heavy atom. The van der Waals surface area contributed by atoms with Crippen LogP contribution in [0.3, 0.4) is 0 Å². The molecule has 1 unspecified atom stereocenters. The van der Waals surface area contributed by atoms with Crippen molar-refractivity contribution in [3.05, 3.63) is 33.4 Å². The van der Waals surface area contributed by atoms with Gasteiger partial charge in [-0.05, 0) is 41.1 Å². The molecular formula is C13H14INO. The van der Waals surface area contributed by atoms with Crippen LogP contribution in [0.1, 0.15) is 30.1 Å². The summed E-state index contributed by atoms with van der Waals surface area (Å²) < 4.78 is 0.935. The van der Waals surface area contributed by atoms with Gasteiger partial charge in [0.1, 0.15) is 0 Å². The third-order valence-corrected chi connectivity index (χ3v) is 3.14. The summed E-state index contributed by atoms with van der Waals surface area (Å²) in [4.78, 5) is 11.9. The second kappa shape index (κ2) is 6.54. The SMILES string of the molecule is C#CC(CCC)NC(=O)c1ccccc1I. The average Bonchev–Trinajstić information content (AvgIpc) is 2.28. The number of benzene rings is 1. The van der Waals surface area contributed by atoms with E-state index in [1.165, 1.54) is 0 Å². The van der Waals surface area contributed by atoms with Crippen LogP contribution < -0.4 is 5.32 Å². The maximum absolute atomic E-state index is 11.9. The van der Waals surface area contributed by atoms with E-state index in [4.69, 9.17) is 6.42 Å². The van der Waals surface area contributed by atoms with Gasteiger partial charge in [0.2, 0.25) is 0 Å². The number of amides is 1. The third kappa shape index (κ3) is 3.53. The maximum atomic E-state index is 11.9. The number of nitrogens with one attached hydrogen (secondary N) is 1. The van der Waals surface area contributed by atoms with Crippen molar-refractivity contribution in [2.45, 2.75) is 25.8 Å². The lowest BCUT2D eigenvalue weighted by Gasteiger charge is -2.12. The molecule has 0 aromatic heterocycles. The lowest BCUT2D eigenvalue weighted by Crippen LogP contribution is -2.34. The lowest BCUT2D eigenvalue weighted by atomic mass is 10.1. The van der Waals surface area contributed by atoms with Gasteiger partial charge in [-0.1, -0.05) is 31.4 Å². The number of carbonyl (C=O) groups excluding carboxylic acids is 1. The topological polar surface area (TPSA) is 29.1 Å². The van der Waals surface area contributed by atoms with Crippen molar-refractivity contribution in [1.29, 1.82) is 0 Å². The molecule has 2 nitrogen and oxygen atoms in total. The highest BCUT2D eigenvalue weighted by molar-refractivity contribution is 14.1. The molecule has 1 aromatic carbocycles. The van der Waals surface area contributed by atoms with Crippen LogP contribution in [0, 0.1) is 15.9 Å². The smallest absolute Gasteiger partial charge is 0.253 e. The van der Waals surface area contributed by atoms with Crippen molar-refractivity contribution in [3.63, 3.8) is 0 Å². The molecule has 0 aliphatic carbocycles. The van der Waals surface area contributed by atoms with E-state index in [-0.39, 0.29) is 11.9 Å². The van der Waals surface area contributed by atoms with Gasteiger partial charge in [-0.25, -0.2) is 0 Å². The van der Waals surface area contributed by atoms with Crippen LogP contribution >= 0.6 is 22.6 Å². The predicted octanol–water partition coefficient (Wildman–Crippen LogP) is 2.82. The summed E-state index contributed by atoms with van der Waals surface area (Å²) in [5, 5.41) is 2.84. The number of rotatable bonds is 4. The molecule has 0 aliphatic rings. The van der Waals surface area contributed by atoms with E-state index in [0.29, 0.717) is 5.56 Å². The zero-order chi connectivity index (χ0) is 12.0. The van der Waals surface area contributed by atoms with Gasteiger partial charge >= 0.3 is 0 Å². The Kier molecular flexibility index (Phi) is 5.33. The highest BCUT2D eigenvalue weighted by Gasteiger charge is 2.12. The number of terminal acetylenes is 1. The van der Waals surface area contributed by atoms with Gasteiger partial charge in [0.15, 0.2) is 0 Å². The number of halogens is 1. The molecule has 84 valence electrons. The van der Waals surface area contributed by atoms with Gasteiger partial charge in [-0.3, -0.25) is 4.79 Å². The fraction of sp³-hybridized carbons (Fsp3) is 0.308. The van der Waals surface area contributed by atoms with E-state index in [2.05, 4.69) is 33.8 Å². The minimum Gasteiger partial charge on any atom is -0.338 e. The largest absolute Gasteiger partial charge is 0.338 e. The lowest BCUT2D eigenvalue weighted by molar-refractivity contribution is 0.0943. The van der Waals surface area contributed by atoms with E-state index in [1.807, 2.05) is 25.1 Å². The standard InChI is InChI=1S/C13H14INO/c1-3-7-10(4-2)15-13(16)11-8-5-6-9-12(11)14/h2,5-6,8-10H,3,7H2,1H3,(H,15,16). The fourth-order valence-electron chi connectivity index (χ4n) is 1.37. The zero-order valence-electron chi connectivity index (χ0n) is 9.16. The Bertz CT molecular complexity index is 409. The highest BCUT2D eigenvalue weighted by atomic mass is 127. The first-order chi connectivity index (χ1) is 7.69. The summed E-state index contributed by atoms with van der Waals surface area (Å²) in [6, 6.07) is 7.29. The summed E-state index contributed by atoms with van der Waals surface area (Å²) in [6.45, 7) is 2.04. The van der Waals surface area contributed by atoms with Crippen molar-refractivity contribution in [3.8, 4) is 12.3 Å². The Labute approximate surface area is 110 Å². The number of carbonyl (C=O) groups is 1. The number of hydrogen-bond acceptors (Lipinski definition) is 1. The highest BCUT2D eigenvalue weighted by Crippen LogP contribution is 2.11. The van der Waals surface area contributed by atoms with E-state index in [1.54, 1.807) is 6.07 Å². The van der Waals surface area contributed by atoms with Gasteiger partial charge in [0.25, 0.3) is 5.91 Å². The van der Waals surface area contributed by atoms with Crippen LogP contribution in [-0.4, -0.2) is 11.9 Å². The van der Waals surface area contributed by atoms with Crippen molar-refractivity contribution in [1.82, 2.24) is 5.32 Å². The molecule has 0 saturated heterocycles. The Hall–Kier alpha value is -1.02. The van der Waals surface area contributed by atoms with Crippen molar-refractivity contribution in [2.24, 2.45) is 0 Å². The van der Waals surface area contributed by atoms with Crippen molar-refractivity contribution >= 4 is 28.5 Å². The first kappa shape index (κ1) is 13.0.